The molecule has 0 radical (unpaired) electrons. The fourth-order valence-electron chi connectivity index (χ4n) is 1.64. The van der Waals surface area contributed by atoms with Crippen LogP contribution in [0.15, 0.2) is 36.4 Å². The Morgan fingerprint density at radius 3 is 3.06 bits per heavy atom. The average Bonchev–Trinajstić information content (AvgIpc) is 2.84. The predicted molar refractivity (Wildman–Crippen MR) is 66.8 cm³/mol. The highest BCUT2D eigenvalue weighted by Gasteiger charge is 2.00. The van der Waals surface area contributed by atoms with Gasteiger partial charge in [0.25, 0.3) is 0 Å². The van der Waals surface area contributed by atoms with Gasteiger partial charge < -0.3 is 11.1 Å². The molecule has 18 heavy (non-hydrogen) atoms. The maximum atomic E-state index is 5.71. The van der Waals surface area contributed by atoms with E-state index in [0.29, 0.717) is 18.0 Å². The Balaban J connectivity index is 1.76. The van der Waals surface area contributed by atoms with Crippen LogP contribution >= 0.6 is 0 Å². The average molecular weight is 241 g/mol. The summed E-state index contributed by atoms with van der Waals surface area (Å²) < 4.78 is 1.38. The molecule has 0 fully saturated rings. The number of nitrogens with zero attached hydrogens (tertiary/aromatic N) is 5. The highest BCUT2D eigenvalue weighted by molar-refractivity contribution is 5.44. The molecule has 7 nitrogen and oxygen atoms in total. The van der Waals surface area contributed by atoms with Crippen molar-refractivity contribution in [2.45, 2.75) is 6.54 Å². The van der Waals surface area contributed by atoms with Gasteiger partial charge in [-0.05, 0) is 40.3 Å². The van der Waals surface area contributed by atoms with E-state index >= 15 is 0 Å². The standard InChI is InChI=1S/C11H11N7/c12-9-3-1-2-8(6-9)7-13-10-4-5-11-14-16-17-18(11)15-10/h1-6H,7,12H2,(H,13,15). The summed E-state index contributed by atoms with van der Waals surface area (Å²) in [5, 5.41) is 18.4. The number of fused-ring (bicyclic) bond motifs is 1. The third-order valence-electron chi connectivity index (χ3n) is 2.49. The van der Waals surface area contributed by atoms with Gasteiger partial charge >= 0.3 is 0 Å². The van der Waals surface area contributed by atoms with Gasteiger partial charge in [-0.3, -0.25) is 0 Å². The molecule has 0 atom stereocenters. The summed E-state index contributed by atoms with van der Waals surface area (Å²) in [4.78, 5) is 0. The summed E-state index contributed by atoms with van der Waals surface area (Å²) in [6.45, 7) is 0.645. The quantitative estimate of drug-likeness (QED) is 0.656. The highest BCUT2D eigenvalue weighted by Crippen LogP contribution is 2.09. The second kappa shape index (κ2) is 4.28. The van der Waals surface area contributed by atoms with Gasteiger partial charge in [-0.15, -0.1) is 14.8 Å². The van der Waals surface area contributed by atoms with Crippen LogP contribution in [0, 0.1) is 0 Å². The zero-order valence-electron chi connectivity index (χ0n) is 9.48. The Bertz CT molecular complexity index is 676. The van der Waals surface area contributed by atoms with Gasteiger partial charge in [-0.1, -0.05) is 12.1 Å². The number of anilines is 2. The summed E-state index contributed by atoms with van der Waals surface area (Å²) >= 11 is 0. The van der Waals surface area contributed by atoms with Crippen LogP contribution in [0.3, 0.4) is 0 Å². The van der Waals surface area contributed by atoms with Gasteiger partial charge in [0.05, 0.1) is 0 Å². The lowest BCUT2D eigenvalue weighted by molar-refractivity contribution is 0.734. The summed E-state index contributed by atoms with van der Waals surface area (Å²) in [7, 11) is 0. The van der Waals surface area contributed by atoms with E-state index in [1.54, 1.807) is 6.07 Å². The molecular weight excluding hydrogens is 230 g/mol. The van der Waals surface area contributed by atoms with Crippen LogP contribution in [0.4, 0.5) is 11.5 Å². The molecule has 0 amide bonds. The van der Waals surface area contributed by atoms with Crippen LogP contribution in [0.25, 0.3) is 5.65 Å². The number of aromatic nitrogens is 5. The molecule has 0 unspecified atom stereocenters. The molecule has 3 rings (SSSR count). The van der Waals surface area contributed by atoms with E-state index in [0.717, 1.165) is 11.3 Å². The number of nitrogens with two attached hydrogens (primary N) is 1. The Morgan fingerprint density at radius 2 is 2.17 bits per heavy atom. The lowest BCUT2D eigenvalue weighted by Crippen LogP contribution is -2.05. The molecule has 0 bridgehead atoms. The van der Waals surface area contributed by atoms with Crippen LogP contribution in [-0.4, -0.2) is 25.3 Å². The number of nitrogens with one attached hydrogen (secondary N) is 1. The van der Waals surface area contributed by atoms with Crippen LogP contribution in [0.1, 0.15) is 5.56 Å². The molecule has 0 saturated heterocycles. The molecule has 2 heterocycles. The Kier molecular flexibility index (Phi) is 2.49. The normalized spacial score (nSPS) is 10.7. The summed E-state index contributed by atoms with van der Waals surface area (Å²) in [5.74, 6) is 0.706. The van der Waals surface area contributed by atoms with Crippen LogP contribution in [0.5, 0.6) is 0 Å². The maximum Gasteiger partial charge on any atom is 0.200 e. The molecule has 0 aliphatic carbocycles. The van der Waals surface area contributed by atoms with Gasteiger partial charge in [0.1, 0.15) is 5.82 Å². The van der Waals surface area contributed by atoms with Crippen molar-refractivity contribution in [3.05, 3.63) is 42.0 Å². The van der Waals surface area contributed by atoms with Gasteiger partial charge in [0.15, 0.2) is 5.65 Å². The Hall–Kier alpha value is -2.70. The number of nitrogen functional groups attached to an aromatic ring is 1. The predicted octanol–water partition coefficient (Wildman–Crippen LogP) is 0.714. The first-order valence-corrected chi connectivity index (χ1v) is 5.45. The molecule has 0 saturated carbocycles. The first kappa shape index (κ1) is 10.5. The molecule has 3 aromatic rings. The highest BCUT2D eigenvalue weighted by atomic mass is 15.6. The van der Waals surface area contributed by atoms with Crippen molar-refractivity contribution >= 4 is 17.2 Å². The second-order valence-electron chi connectivity index (χ2n) is 3.84. The third kappa shape index (κ3) is 2.05. The fourth-order valence-corrected chi connectivity index (χ4v) is 1.64. The zero-order chi connectivity index (χ0) is 12.4. The number of rotatable bonds is 3. The van der Waals surface area contributed by atoms with E-state index < -0.39 is 0 Å². The van der Waals surface area contributed by atoms with Crippen LogP contribution < -0.4 is 11.1 Å². The van der Waals surface area contributed by atoms with Crippen molar-refractivity contribution in [2.75, 3.05) is 11.1 Å². The maximum absolute atomic E-state index is 5.71. The molecule has 2 aromatic heterocycles. The number of tetrazole rings is 1. The monoisotopic (exact) mass is 241 g/mol. The summed E-state index contributed by atoms with van der Waals surface area (Å²) in [5.41, 5.74) is 8.17. The summed E-state index contributed by atoms with van der Waals surface area (Å²) in [6, 6.07) is 11.3. The first-order valence-electron chi connectivity index (χ1n) is 5.45. The Morgan fingerprint density at radius 1 is 1.22 bits per heavy atom. The smallest absolute Gasteiger partial charge is 0.200 e. The van der Waals surface area contributed by atoms with E-state index in [4.69, 9.17) is 5.73 Å². The minimum Gasteiger partial charge on any atom is -0.399 e. The van der Waals surface area contributed by atoms with E-state index in [2.05, 4.69) is 25.9 Å². The van der Waals surface area contributed by atoms with Gasteiger partial charge in [0, 0.05) is 12.2 Å². The van der Waals surface area contributed by atoms with Crippen LogP contribution in [0.2, 0.25) is 0 Å². The van der Waals surface area contributed by atoms with Crippen molar-refractivity contribution in [1.82, 2.24) is 25.3 Å². The zero-order valence-corrected chi connectivity index (χ0v) is 9.48. The molecule has 3 N–H and O–H groups in total. The van der Waals surface area contributed by atoms with Crippen LogP contribution in [-0.2, 0) is 6.54 Å². The van der Waals surface area contributed by atoms with Crippen molar-refractivity contribution in [3.63, 3.8) is 0 Å². The van der Waals surface area contributed by atoms with Crippen molar-refractivity contribution in [1.29, 1.82) is 0 Å². The molecule has 0 aliphatic heterocycles. The van der Waals surface area contributed by atoms with E-state index in [1.807, 2.05) is 30.3 Å². The molecule has 90 valence electrons. The minimum absolute atomic E-state index is 0.615. The number of benzene rings is 1. The van der Waals surface area contributed by atoms with Crippen molar-refractivity contribution < 1.29 is 0 Å². The topological polar surface area (TPSA) is 94.0 Å². The molecule has 7 heteroatoms. The SMILES string of the molecule is Nc1cccc(CNc2ccc3nnnn3n2)c1. The fraction of sp³-hybridized carbons (Fsp3) is 0.0909. The molecule has 0 aliphatic rings. The summed E-state index contributed by atoms with van der Waals surface area (Å²) in [6.07, 6.45) is 0. The lowest BCUT2D eigenvalue weighted by Gasteiger charge is -2.05. The van der Waals surface area contributed by atoms with E-state index in [1.165, 1.54) is 4.63 Å². The van der Waals surface area contributed by atoms with Gasteiger partial charge in [-0.2, -0.15) is 0 Å². The Labute approximate surface area is 103 Å². The van der Waals surface area contributed by atoms with E-state index in [-0.39, 0.29) is 0 Å². The molecule has 0 spiro atoms. The third-order valence-corrected chi connectivity index (χ3v) is 2.49. The lowest BCUT2D eigenvalue weighted by atomic mass is 10.2. The molecule has 1 aromatic carbocycles. The van der Waals surface area contributed by atoms with Crippen molar-refractivity contribution in [3.8, 4) is 0 Å². The van der Waals surface area contributed by atoms with E-state index in [9.17, 15) is 0 Å². The van der Waals surface area contributed by atoms with Gasteiger partial charge in [-0.25, -0.2) is 0 Å². The number of hydrogen-bond donors (Lipinski definition) is 2. The minimum atomic E-state index is 0.615. The second-order valence-corrected chi connectivity index (χ2v) is 3.84. The number of hydrogen-bond acceptors (Lipinski definition) is 6. The first-order chi connectivity index (χ1) is 8.81. The largest absolute Gasteiger partial charge is 0.399 e. The van der Waals surface area contributed by atoms with Crippen molar-refractivity contribution in [2.24, 2.45) is 0 Å². The molecular formula is C11H11N7. The van der Waals surface area contributed by atoms with Gasteiger partial charge in [0.2, 0.25) is 0 Å².